The average Bonchev–Trinajstić information content (AvgIpc) is 2.61. The van der Waals surface area contributed by atoms with Gasteiger partial charge in [-0.1, -0.05) is 12.8 Å². The SMILES string of the molecule is Nc1cccnc1SC1CCCC1. The second-order valence-corrected chi connectivity index (χ2v) is 4.71. The predicted octanol–water partition coefficient (Wildman–Crippen LogP) is 2.70. The van der Waals surface area contributed by atoms with E-state index in [0.29, 0.717) is 0 Å². The molecule has 1 aromatic rings. The second-order valence-electron chi connectivity index (χ2n) is 3.42. The molecule has 0 atom stereocenters. The molecule has 70 valence electrons. The quantitative estimate of drug-likeness (QED) is 0.786. The Hall–Kier alpha value is -0.700. The van der Waals surface area contributed by atoms with Crippen molar-refractivity contribution in [3.8, 4) is 0 Å². The van der Waals surface area contributed by atoms with Crippen LogP contribution in [0.1, 0.15) is 25.7 Å². The number of hydrogen-bond donors (Lipinski definition) is 1. The average molecular weight is 194 g/mol. The molecule has 13 heavy (non-hydrogen) atoms. The maximum Gasteiger partial charge on any atom is 0.119 e. The van der Waals surface area contributed by atoms with E-state index in [4.69, 9.17) is 5.73 Å². The van der Waals surface area contributed by atoms with E-state index in [2.05, 4.69) is 4.98 Å². The van der Waals surface area contributed by atoms with Crippen molar-refractivity contribution >= 4 is 17.4 Å². The Morgan fingerprint density at radius 1 is 1.38 bits per heavy atom. The molecule has 1 heterocycles. The molecule has 0 radical (unpaired) electrons. The van der Waals surface area contributed by atoms with E-state index < -0.39 is 0 Å². The number of nitrogens with two attached hydrogens (primary N) is 1. The van der Waals surface area contributed by atoms with Crippen molar-refractivity contribution in [3.63, 3.8) is 0 Å². The topological polar surface area (TPSA) is 38.9 Å². The van der Waals surface area contributed by atoms with Crippen molar-refractivity contribution in [2.24, 2.45) is 0 Å². The molecule has 2 nitrogen and oxygen atoms in total. The van der Waals surface area contributed by atoms with E-state index >= 15 is 0 Å². The minimum absolute atomic E-state index is 0.747. The van der Waals surface area contributed by atoms with Crippen LogP contribution in [0.3, 0.4) is 0 Å². The molecular formula is C10H14N2S. The van der Waals surface area contributed by atoms with Crippen LogP contribution in [-0.4, -0.2) is 10.2 Å². The molecule has 1 aliphatic rings. The Bertz CT molecular complexity index is 282. The van der Waals surface area contributed by atoms with Gasteiger partial charge in [0, 0.05) is 11.4 Å². The van der Waals surface area contributed by atoms with Crippen LogP contribution in [-0.2, 0) is 0 Å². The molecule has 0 aromatic carbocycles. The first-order valence-electron chi connectivity index (χ1n) is 4.73. The van der Waals surface area contributed by atoms with Crippen molar-refractivity contribution in [2.75, 3.05) is 5.73 Å². The maximum absolute atomic E-state index is 5.82. The van der Waals surface area contributed by atoms with Crippen LogP contribution in [0.5, 0.6) is 0 Å². The van der Waals surface area contributed by atoms with Crippen LogP contribution in [0.25, 0.3) is 0 Å². The molecule has 1 aromatic heterocycles. The molecule has 1 aliphatic carbocycles. The number of rotatable bonds is 2. The lowest BCUT2D eigenvalue weighted by molar-refractivity contribution is 0.886. The van der Waals surface area contributed by atoms with Gasteiger partial charge in [0.05, 0.1) is 5.69 Å². The smallest absolute Gasteiger partial charge is 0.119 e. The Labute approximate surface area is 82.9 Å². The number of hydrogen-bond acceptors (Lipinski definition) is 3. The van der Waals surface area contributed by atoms with Gasteiger partial charge in [0.1, 0.15) is 5.03 Å². The van der Waals surface area contributed by atoms with Gasteiger partial charge in [-0.15, -0.1) is 11.8 Å². The fourth-order valence-electron chi connectivity index (χ4n) is 1.67. The highest BCUT2D eigenvalue weighted by Gasteiger charge is 2.17. The van der Waals surface area contributed by atoms with Gasteiger partial charge in [-0.2, -0.15) is 0 Å². The minimum Gasteiger partial charge on any atom is -0.397 e. The highest BCUT2D eigenvalue weighted by Crippen LogP contribution is 2.35. The van der Waals surface area contributed by atoms with E-state index in [1.807, 2.05) is 30.1 Å². The third-order valence-corrected chi connectivity index (χ3v) is 3.75. The fraction of sp³-hybridized carbons (Fsp3) is 0.500. The molecule has 0 spiro atoms. The van der Waals surface area contributed by atoms with Crippen LogP contribution < -0.4 is 5.73 Å². The van der Waals surface area contributed by atoms with Crippen molar-refractivity contribution < 1.29 is 0 Å². The van der Waals surface area contributed by atoms with Gasteiger partial charge in [0.15, 0.2) is 0 Å². The maximum atomic E-state index is 5.82. The molecule has 0 unspecified atom stereocenters. The lowest BCUT2D eigenvalue weighted by Crippen LogP contribution is -1.97. The summed E-state index contributed by atoms with van der Waals surface area (Å²) in [5.74, 6) is 0. The number of anilines is 1. The van der Waals surface area contributed by atoms with Gasteiger partial charge in [-0.3, -0.25) is 0 Å². The molecule has 0 saturated heterocycles. The Kier molecular flexibility index (Phi) is 2.74. The van der Waals surface area contributed by atoms with Crippen molar-refractivity contribution in [1.29, 1.82) is 0 Å². The summed E-state index contributed by atoms with van der Waals surface area (Å²) in [6, 6.07) is 3.80. The zero-order valence-electron chi connectivity index (χ0n) is 7.57. The van der Waals surface area contributed by atoms with Gasteiger partial charge >= 0.3 is 0 Å². The summed E-state index contributed by atoms with van der Waals surface area (Å²) in [4.78, 5) is 4.28. The predicted molar refractivity (Wildman–Crippen MR) is 56.8 cm³/mol. The van der Waals surface area contributed by atoms with Crippen LogP contribution in [0.2, 0.25) is 0 Å². The summed E-state index contributed by atoms with van der Waals surface area (Å²) in [6.07, 6.45) is 7.18. The standard InChI is InChI=1S/C10H14N2S/c11-9-6-3-7-12-10(9)13-8-4-1-2-5-8/h3,6-8H,1-2,4-5,11H2. The molecule has 1 fully saturated rings. The fourth-order valence-corrected chi connectivity index (χ4v) is 2.88. The Balaban J connectivity index is 2.04. The number of pyridine rings is 1. The molecule has 3 heteroatoms. The zero-order valence-corrected chi connectivity index (χ0v) is 8.39. The lowest BCUT2D eigenvalue weighted by atomic mass is 10.4. The summed E-state index contributed by atoms with van der Waals surface area (Å²) in [7, 11) is 0. The minimum atomic E-state index is 0.747. The summed E-state index contributed by atoms with van der Waals surface area (Å²) in [6.45, 7) is 0. The van der Waals surface area contributed by atoms with Crippen molar-refractivity contribution in [1.82, 2.24) is 4.98 Å². The molecular weight excluding hydrogens is 180 g/mol. The van der Waals surface area contributed by atoms with Crippen LogP contribution >= 0.6 is 11.8 Å². The van der Waals surface area contributed by atoms with Gasteiger partial charge in [0.2, 0.25) is 0 Å². The van der Waals surface area contributed by atoms with Crippen LogP contribution in [0.15, 0.2) is 23.4 Å². The summed E-state index contributed by atoms with van der Waals surface area (Å²) >= 11 is 1.84. The molecule has 2 rings (SSSR count). The summed E-state index contributed by atoms with van der Waals surface area (Å²) < 4.78 is 0. The highest BCUT2D eigenvalue weighted by atomic mass is 32.2. The van der Waals surface area contributed by atoms with E-state index in [1.165, 1.54) is 25.7 Å². The number of aromatic nitrogens is 1. The first-order chi connectivity index (χ1) is 6.36. The Morgan fingerprint density at radius 2 is 2.15 bits per heavy atom. The van der Waals surface area contributed by atoms with E-state index in [0.717, 1.165) is 16.0 Å². The van der Waals surface area contributed by atoms with Crippen molar-refractivity contribution in [3.05, 3.63) is 18.3 Å². The molecule has 0 aliphatic heterocycles. The van der Waals surface area contributed by atoms with Gasteiger partial charge in [-0.25, -0.2) is 4.98 Å². The molecule has 0 amide bonds. The van der Waals surface area contributed by atoms with Crippen LogP contribution in [0, 0.1) is 0 Å². The van der Waals surface area contributed by atoms with Crippen molar-refractivity contribution in [2.45, 2.75) is 36.0 Å². The van der Waals surface area contributed by atoms with E-state index in [-0.39, 0.29) is 0 Å². The summed E-state index contributed by atoms with van der Waals surface area (Å²) in [5.41, 5.74) is 6.63. The second kappa shape index (κ2) is 4.01. The first-order valence-corrected chi connectivity index (χ1v) is 5.61. The summed E-state index contributed by atoms with van der Waals surface area (Å²) in [5, 5.41) is 1.76. The zero-order chi connectivity index (χ0) is 9.10. The lowest BCUT2D eigenvalue weighted by Gasteiger charge is -2.08. The third kappa shape index (κ3) is 2.15. The Morgan fingerprint density at radius 3 is 2.85 bits per heavy atom. The largest absolute Gasteiger partial charge is 0.397 e. The van der Waals surface area contributed by atoms with E-state index in [9.17, 15) is 0 Å². The monoisotopic (exact) mass is 194 g/mol. The van der Waals surface area contributed by atoms with Gasteiger partial charge in [0.25, 0.3) is 0 Å². The van der Waals surface area contributed by atoms with Gasteiger partial charge < -0.3 is 5.73 Å². The molecule has 0 bridgehead atoms. The normalized spacial score (nSPS) is 17.8. The molecule has 2 N–H and O–H groups in total. The van der Waals surface area contributed by atoms with Gasteiger partial charge in [-0.05, 0) is 25.0 Å². The van der Waals surface area contributed by atoms with Crippen LogP contribution in [0.4, 0.5) is 5.69 Å². The first kappa shape index (κ1) is 8.88. The molecule has 1 saturated carbocycles. The number of nitrogens with zero attached hydrogens (tertiary/aromatic N) is 1. The van der Waals surface area contributed by atoms with E-state index in [1.54, 1.807) is 0 Å². The third-order valence-electron chi connectivity index (χ3n) is 2.38. The number of thioether (sulfide) groups is 1. The highest BCUT2D eigenvalue weighted by molar-refractivity contribution is 8.00. The number of nitrogen functional groups attached to an aromatic ring is 1.